The van der Waals surface area contributed by atoms with Gasteiger partial charge in [-0.15, -0.1) is 0 Å². The third-order valence-corrected chi connectivity index (χ3v) is 2.29. The van der Waals surface area contributed by atoms with E-state index in [4.69, 9.17) is 17.3 Å². The minimum absolute atomic E-state index is 0.179. The first kappa shape index (κ1) is 12.3. The van der Waals surface area contributed by atoms with E-state index in [0.717, 1.165) is 12.1 Å². The van der Waals surface area contributed by atoms with E-state index in [1.165, 1.54) is 6.92 Å². The Hall–Kier alpha value is -0.810. The van der Waals surface area contributed by atoms with Gasteiger partial charge in [-0.25, -0.2) is 4.39 Å². The molecule has 6 heteroatoms. The molecule has 0 heterocycles. The third-order valence-electron chi connectivity index (χ3n) is 1.97. The van der Waals surface area contributed by atoms with Gasteiger partial charge in [0.2, 0.25) is 0 Å². The molecule has 1 aromatic rings. The molecule has 0 aliphatic heterocycles. The van der Waals surface area contributed by atoms with Gasteiger partial charge in [0, 0.05) is 5.02 Å². The summed E-state index contributed by atoms with van der Waals surface area (Å²) >= 11 is 5.56. The minimum Gasteiger partial charge on any atom is -0.316 e. The van der Waals surface area contributed by atoms with Crippen LogP contribution in [0.5, 0.6) is 0 Å². The molecule has 84 valence electrons. The Balaban J connectivity index is 3.21. The Labute approximate surface area is 88.8 Å². The summed E-state index contributed by atoms with van der Waals surface area (Å²) < 4.78 is 49.7. The van der Waals surface area contributed by atoms with Crippen LogP contribution in [-0.4, -0.2) is 6.18 Å². The lowest BCUT2D eigenvalue weighted by atomic mass is 10.0. The minimum atomic E-state index is -4.63. The van der Waals surface area contributed by atoms with E-state index in [9.17, 15) is 17.6 Å². The van der Waals surface area contributed by atoms with Crippen molar-refractivity contribution in [2.24, 2.45) is 5.73 Å². The first-order chi connectivity index (χ1) is 6.73. The molecule has 1 rings (SSSR count). The SMILES string of the molecule is Cc1cc(Cl)c(C(N)C(F)(F)F)cc1F. The van der Waals surface area contributed by atoms with Crippen molar-refractivity contribution < 1.29 is 17.6 Å². The van der Waals surface area contributed by atoms with Gasteiger partial charge in [0.15, 0.2) is 0 Å². The van der Waals surface area contributed by atoms with E-state index in [0.29, 0.717) is 0 Å². The molecule has 0 saturated heterocycles. The van der Waals surface area contributed by atoms with Gasteiger partial charge in [-0.2, -0.15) is 13.2 Å². The zero-order chi connectivity index (χ0) is 11.8. The third kappa shape index (κ3) is 2.60. The van der Waals surface area contributed by atoms with Crippen LogP contribution in [0.25, 0.3) is 0 Å². The standard InChI is InChI=1S/C9H8ClF4N/c1-4-2-6(10)5(3-7(4)11)8(15)9(12,13)14/h2-3,8H,15H2,1H3. The van der Waals surface area contributed by atoms with Crippen LogP contribution < -0.4 is 5.73 Å². The fraction of sp³-hybridized carbons (Fsp3) is 0.333. The first-order valence-electron chi connectivity index (χ1n) is 4.01. The van der Waals surface area contributed by atoms with E-state index in [1.54, 1.807) is 0 Å². The Morgan fingerprint density at radius 2 is 1.87 bits per heavy atom. The number of aryl methyl sites for hydroxylation is 1. The number of nitrogens with two attached hydrogens (primary N) is 1. The van der Waals surface area contributed by atoms with Gasteiger partial charge in [-0.3, -0.25) is 0 Å². The summed E-state index contributed by atoms with van der Waals surface area (Å²) in [5, 5.41) is -0.182. The summed E-state index contributed by atoms with van der Waals surface area (Å²) in [6.45, 7) is 1.41. The molecule has 0 amide bonds. The van der Waals surface area contributed by atoms with E-state index < -0.39 is 23.6 Å². The van der Waals surface area contributed by atoms with Crippen molar-refractivity contribution in [2.45, 2.75) is 19.1 Å². The highest BCUT2D eigenvalue weighted by molar-refractivity contribution is 6.31. The van der Waals surface area contributed by atoms with Crippen molar-refractivity contribution in [3.05, 3.63) is 34.1 Å². The van der Waals surface area contributed by atoms with Crippen LogP contribution in [0.1, 0.15) is 17.2 Å². The summed E-state index contributed by atoms with van der Waals surface area (Å²) in [6, 6.07) is -0.423. The quantitative estimate of drug-likeness (QED) is 0.750. The molecule has 0 bridgehead atoms. The normalized spacial score (nSPS) is 14.1. The highest BCUT2D eigenvalue weighted by atomic mass is 35.5. The molecule has 0 saturated carbocycles. The fourth-order valence-corrected chi connectivity index (χ4v) is 1.41. The second-order valence-electron chi connectivity index (χ2n) is 3.14. The predicted octanol–water partition coefficient (Wildman–Crippen LogP) is 3.35. The van der Waals surface area contributed by atoms with Crippen LogP contribution in [0.2, 0.25) is 5.02 Å². The lowest BCUT2D eigenvalue weighted by Crippen LogP contribution is -2.28. The van der Waals surface area contributed by atoms with Gasteiger partial charge in [0.05, 0.1) is 0 Å². The molecule has 1 unspecified atom stereocenters. The van der Waals surface area contributed by atoms with Crippen LogP contribution in [0.15, 0.2) is 12.1 Å². The van der Waals surface area contributed by atoms with Crippen molar-refractivity contribution in [3.63, 3.8) is 0 Å². The molecule has 1 nitrogen and oxygen atoms in total. The second kappa shape index (κ2) is 3.98. The molecule has 2 N–H and O–H groups in total. The van der Waals surface area contributed by atoms with E-state index >= 15 is 0 Å². The molecular weight excluding hydrogens is 234 g/mol. The highest BCUT2D eigenvalue weighted by Crippen LogP contribution is 2.35. The van der Waals surface area contributed by atoms with E-state index in [2.05, 4.69) is 0 Å². The molecule has 1 atom stereocenters. The summed E-state index contributed by atoms with van der Waals surface area (Å²) in [4.78, 5) is 0. The lowest BCUT2D eigenvalue weighted by Gasteiger charge is -2.17. The highest BCUT2D eigenvalue weighted by Gasteiger charge is 2.39. The van der Waals surface area contributed by atoms with Gasteiger partial charge < -0.3 is 5.73 Å². The van der Waals surface area contributed by atoms with Gasteiger partial charge in [0.1, 0.15) is 11.9 Å². The van der Waals surface area contributed by atoms with Gasteiger partial charge in [-0.1, -0.05) is 11.6 Å². The Bertz CT molecular complexity index is 375. The summed E-state index contributed by atoms with van der Waals surface area (Å²) in [7, 11) is 0. The molecule has 15 heavy (non-hydrogen) atoms. The Kier molecular flexibility index (Phi) is 3.25. The van der Waals surface area contributed by atoms with E-state index in [1.807, 2.05) is 0 Å². The average Bonchev–Trinajstić information content (AvgIpc) is 2.08. The first-order valence-corrected chi connectivity index (χ1v) is 4.39. The molecule has 0 aliphatic rings. The van der Waals surface area contributed by atoms with Gasteiger partial charge in [-0.05, 0) is 30.2 Å². The maximum absolute atomic E-state index is 13.0. The predicted molar refractivity (Wildman–Crippen MR) is 49.1 cm³/mol. The summed E-state index contributed by atoms with van der Waals surface area (Å²) in [5.74, 6) is -0.755. The number of halogens is 5. The van der Waals surface area contributed by atoms with Crippen molar-refractivity contribution >= 4 is 11.6 Å². The molecular formula is C9H8ClF4N. The number of benzene rings is 1. The van der Waals surface area contributed by atoms with Crippen molar-refractivity contribution in [3.8, 4) is 0 Å². The topological polar surface area (TPSA) is 26.0 Å². The zero-order valence-electron chi connectivity index (χ0n) is 7.70. The summed E-state index contributed by atoms with van der Waals surface area (Å²) in [6.07, 6.45) is -4.63. The maximum Gasteiger partial charge on any atom is 0.407 e. The molecule has 0 aromatic heterocycles. The number of hydrogen-bond acceptors (Lipinski definition) is 1. The molecule has 0 radical (unpaired) electrons. The Morgan fingerprint density at radius 1 is 1.33 bits per heavy atom. The maximum atomic E-state index is 13.0. The van der Waals surface area contributed by atoms with Crippen LogP contribution >= 0.6 is 11.6 Å². The monoisotopic (exact) mass is 241 g/mol. The van der Waals surface area contributed by atoms with Gasteiger partial charge in [0.25, 0.3) is 0 Å². The summed E-state index contributed by atoms with van der Waals surface area (Å²) in [5.41, 5.74) is 4.64. The molecule has 0 spiro atoms. The van der Waals surface area contributed by atoms with Crippen LogP contribution in [-0.2, 0) is 0 Å². The van der Waals surface area contributed by atoms with Crippen molar-refractivity contribution in [1.82, 2.24) is 0 Å². The van der Waals surface area contributed by atoms with Gasteiger partial charge >= 0.3 is 6.18 Å². The Morgan fingerprint density at radius 3 is 2.33 bits per heavy atom. The smallest absolute Gasteiger partial charge is 0.316 e. The average molecular weight is 242 g/mol. The number of alkyl halides is 3. The number of rotatable bonds is 1. The number of hydrogen-bond donors (Lipinski definition) is 1. The molecule has 1 aromatic carbocycles. The molecule has 0 aliphatic carbocycles. The zero-order valence-corrected chi connectivity index (χ0v) is 8.46. The van der Waals surface area contributed by atoms with Crippen LogP contribution in [0.3, 0.4) is 0 Å². The lowest BCUT2D eigenvalue weighted by molar-refractivity contribution is -0.149. The largest absolute Gasteiger partial charge is 0.407 e. The second-order valence-corrected chi connectivity index (χ2v) is 3.55. The van der Waals surface area contributed by atoms with E-state index in [-0.39, 0.29) is 10.6 Å². The van der Waals surface area contributed by atoms with Crippen molar-refractivity contribution in [2.75, 3.05) is 0 Å². The molecule has 0 fully saturated rings. The van der Waals surface area contributed by atoms with Crippen molar-refractivity contribution in [1.29, 1.82) is 0 Å². The van der Waals surface area contributed by atoms with Crippen LogP contribution in [0.4, 0.5) is 17.6 Å². The van der Waals surface area contributed by atoms with Crippen LogP contribution in [0, 0.1) is 12.7 Å². The fourth-order valence-electron chi connectivity index (χ4n) is 1.08.